The number of hydrogen-bond acceptors (Lipinski definition) is 5. The third-order valence-electron chi connectivity index (χ3n) is 7.56. The van der Waals surface area contributed by atoms with Gasteiger partial charge in [-0.3, -0.25) is 13.9 Å². The zero-order valence-corrected chi connectivity index (χ0v) is 27.9. The lowest BCUT2D eigenvalue weighted by Crippen LogP contribution is -2.54. The molecule has 0 fully saturated rings. The number of ether oxygens (including phenoxy) is 1. The summed E-state index contributed by atoms with van der Waals surface area (Å²) < 4.78 is 35.3. The minimum atomic E-state index is -4.25. The first kappa shape index (κ1) is 34.5. The fourth-order valence-corrected chi connectivity index (χ4v) is 6.66. The van der Waals surface area contributed by atoms with Crippen LogP contribution in [0.5, 0.6) is 5.75 Å². The molecule has 0 aliphatic heterocycles. The normalized spacial score (nSPS) is 12.5. The second-order valence-electron chi connectivity index (χ2n) is 10.9. The number of nitrogens with zero attached hydrogens (tertiary/aromatic N) is 2. The number of amides is 2. The summed E-state index contributed by atoms with van der Waals surface area (Å²) in [5.41, 5.74) is 1.77. The van der Waals surface area contributed by atoms with Crippen molar-refractivity contribution in [3.8, 4) is 5.75 Å². The van der Waals surface area contributed by atoms with Crippen LogP contribution in [0.25, 0.3) is 0 Å². The molecule has 1 N–H and O–H groups in total. The molecule has 4 aromatic rings. The lowest BCUT2D eigenvalue weighted by Gasteiger charge is -2.34. The molecule has 0 heterocycles. The summed E-state index contributed by atoms with van der Waals surface area (Å²) in [5.74, 6) is -0.583. The number of carbonyl (C=O) groups excluding carboxylic acids is 2. The van der Waals surface area contributed by atoms with Crippen LogP contribution in [0.1, 0.15) is 38.3 Å². The van der Waals surface area contributed by atoms with Gasteiger partial charge in [0.15, 0.2) is 0 Å². The van der Waals surface area contributed by atoms with Gasteiger partial charge in [-0.15, -0.1) is 0 Å². The van der Waals surface area contributed by atoms with E-state index in [4.69, 9.17) is 16.3 Å². The van der Waals surface area contributed by atoms with E-state index in [2.05, 4.69) is 5.32 Å². The molecular formula is C36H40ClN3O5S. The molecular weight excluding hydrogens is 622 g/mol. The van der Waals surface area contributed by atoms with E-state index in [1.807, 2.05) is 50.2 Å². The topological polar surface area (TPSA) is 96.0 Å². The number of sulfonamides is 1. The highest BCUT2D eigenvalue weighted by molar-refractivity contribution is 7.92. The molecule has 2 amide bonds. The number of rotatable bonds is 15. The van der Waals surface area contributed by atoms with Gasteiger partial charge in [0.2, 0.25) is 11.8 Å². The molecule has 0 spiro atoms. The van der Waals surface area contributed by atoms with E-state index in [9.17, 15) is 18.0 Å². The SMILES string of the molecule is CCOc1ccccc1N(CC(=O)N(Cc1cccc(Cl)c1)[C@@H](Cc1ccccc1)C(=O)N[C@@H](C)CC)S(=O)(=O)c1ccccc1. The van der Waals surface area contributed by atoms with E-state index >= 15 is 0 Å². The molecule has 0 aromatic heterocycles. The van der Waals surface area contributed by atoms with Gasteiger partial charge in [-0.1, -0.05) is 91.3 Å². The summed E-state index contributed by atoms with van der Waals surface area (Å²) >= 11 is 6.32. The van der Waals surface area contributed by atoms with Gasteiger partial charge < -0.3 is 15.0 Å². The quantitative estimate of drug-likeness (QED) is 0.157. The van der Waals surface area contributed by atoms with Gasteiger partial charge in [0, 0.05) is 24.0 Å². The van der Waals surface area contributed by atoms with Crippen molar-refractivity contribution >= 4 is 39.1 Å². The molecule has 0 saturated heterocycles. The van der Waals surface area contributed by atoms with Crippen molar-refractivity contribution in [3.05, 3.63) is 125 Å². The van der Waals surface area contributed by atoms with Gasteiger partial charge in [-0.25, -0.2) is 8.42 Å². The number of halogens is 1. The molecule has 0 radical (unpaired) electrons. The van der Waals surface area contributed by atoms with E-state index in [-0.39, 0.29) is 35.5 Å². The monoisotopic (exact) mass is 661 g/mol. The Bertz CT molecular complexity index is 1700. The van der Waals surface area contributed by atoms with Crippen molar-refractivity contribution in [3.63, 3.8) is 0 Å². The maximum Gasteiger partial charge on any atom is 0.264 e. The largest absolute Gasteiger partial charge is 0.492 e. The molecule has 8 nitrogen and oxygen atoms in total. The number of anilines is 1. The van der Waals surface area contributed by atoms with Crippen molar-refractivity contribution in [1.82, 2.24) is 10.2 Å². The Morgan fingerprint density at radius 2 is 1.48 bits per heavy atom. The van der Waals surface area contributed by atoms with Crippen LogP contribution in [-0.2, 0) is 32.6 Å². The lowest BCUT2D eigenvalue weighted by atomic mass is 10.0. The van der Waals surface area contributed by atoms with E-state index in [0.717, 1.165) is 9.87 Å². The highest BCUT2D eigenvalue weighted by Crippen LogP contribution is 2.33. The van der Waals surface area contributed by atoms with E-state index in [1.54, 1.807) is 67.6 Å². The first-order valence-electron chi connectivity index (χ1n) is 15.3. The van der Waals surface area contributed by atoms with Crippen LogP contribution in [0.2, 0.25) is 5.02 Å². The van der Waals surface area contributed by atoms with Crippen LogP contribution in [0.15, 0.2) is 114 Å². The molecule has 0 aliphatic rings. The molecule has 0 saturated carbocycles. The molecule has 10 heteroatoms. The Kier molecular flexibility index (Phi) is 12.2. The standard InChI is InChI=1S/C36H40ClN3O5S/c1-4-27(3)38-36(42)33(24-28-15-8-6-9-16-28)39(25-29-17-14-18-30(37)23-29)35(41)26-40(32-21-12-13-22-34(32)45-5-2)46(43,44)31-19-10-7-11-20-31/h6-23,27,33H,4-5,24-26H2,1-3H3,(H,38,42)/t27-,33-/m0/s1. The average molecular weight is 662 g/mol. The van der Waals surface area contributed by atoms with Crippen molar-refractivity contribution in [2.24, 2.45) is 0 Å². The number of para-hydroxylation sites is 2. The third-order valence-corrected chi connectivity index (χ3v) is 9.57. The molecule has 46 heavy (non-hydrogen) atoms. The fourth-order valence-electron chi connectivity index (χ4n) is 5.00. The summed E-state index contributed by atoms with van der Waals surface area (Å²) in [6.07, 6.45) is 0.916. The van der Waals surface area contributed by atoms with Gasteiger partial charge in [-0.2, -0.15) is 0 Å². The number of benzene rings is 4. The van der Waals surface area contributed by atoms with Crippen molar-refractivity contribution in [2.45, 2.75) is 57.1 Å². The van der Waals surface area contributed by atoms with Crippen molar-refractivity contribution in [2.75, 3.05) is 17.5 Å². The summed E-state index contributed by atoms with van der Waals surface area (Å²) in [6, 6.07) is 30.0. The van der Waals surface area contributed by atoms with Crippen LogP contribution in [0, 0.1) is 0 Å². The summed E-state index contributed by atoms with van der Waals surface area (Å²) in [4.78, 5) is 30.0. The van der Waals surface area contributed by atoms with E-state index in [0.29, 0.717) is 29.4 Å². The van der Waals surface area contributed by atoms with Crippen LogP contribution in [0.4, 0.5) is 5.69 Å². The molecule has 4 rings (SSSR count). The predicted molar refractivity (Wildman–Crippen MR) is 182 cm³/mol. The van der Waals surface area contributed by atoms with Gasteiger partial charge in [-0.05, 0) is 67.8 Å². The first-order valence-corrected chi connectivity index (χ1v) is 17.1. The molecule has 0 unspecified atom stereocenters. The Labute approximate surface area is 277 Å². The predicted octanol–water partition coefficient (Wildman–Crippen LogP) is 6.49. The second-order valence-corrected chi connectivity index (χ2v) is 13.2. The van der Waals surface area contributed by atoms with Gasteiger partial charge in [0.25, 0.3) is 10.0 Å². The first-order chi connectivity index (χ1) is 22.1. The number of carbonyl (C=O) groups is 2. The summed E-state index contributed by atoms with van der Waals surface area (Å²) in [5, 5.41) is 3.52. The Hall–Kier alpha value is -4.34. The maximum absolute atomic E-state index is 14.6. The van der Waals surface area contributed by atoms with E-state index in [1.165, 1.54) is 17.0 Å². The highest BCUT2D eigenvalue weighted by Gasteiger charge is 2.35. The van der Waals surface area contributed by atoms with Gasteiger partial charge in [0.1, 0.15) is 18.3 Å². The number of hydrogen-bond donors (Lipinski definition) is 1. The zero-order valence-electron chi connectivity index (χ0n) is 26.3. The highest BCUT2D eigenvalue weighted by atomic mass is 35.5. The molecule has 4 aromatic carbocycles. The van der Waals surface area contributed by atoms with Crippen LogP contribution in [-0.4, -0.2) is 50.4 Å². The lowest BCUT2D eigenvalue weighted by molar-refractivity contribution is -0.140. The number of nitrogens with one attached hydrogen (secondary N) is 1. The minimum Gasteiger partial charge on any atom is -0.492 e. The van der Waals surface area contributed by atoms with E-state index < -0.39 is 28.5 Å². The maximum atomic E-state index is 14.6. The molecule has 242 valence electrons. The smallest absolute Gasteiger partial charge is 0.264 e. The Balaban J connectivity index is 1.84. The van der Waals surface area contributed by atoms with Crippen LogP contribution in [0.3, 0.4) is 0 Å². The van der Waals surface area contributed by atoms with Crippen LogP contribution < -0.4 is 14.4 Å². The summed E-state index contributed by atoms with van der Waals surface area (Å²) in [7, 11) is -4.25. The molecule has 2 atom stereocenters. The molecule has 0 aliphatic carbocycles. The minimum absolute atomic E-state index is 0.0193. The average Bonchev–Trinajstić information content (AvgIpc) is 3.06. The van der Waals surface area contributed by atoms with Crippen molar-refractivity contribution < 1.29 is 22.7 Å². The fraction of sp³-hybridized carbons (Fsp3) is 0.278. The van der Waals surface area contributed by atoms with Crippen molar-refractivity contribution in [1.29, 1.82) is 0 Å². The Morgan fingerprint density at radius 3 is 2.13 bits per heavy atom. The Morgan fingerprint density at radius 1 is 0.848 bits per heavy atom. The summed E-state index contributed by atoms with van der Waals surface area (Å²) in [6.45, 7) is 5.41. The van der Waals surface area contributed by atoms with Gasteiger partial charge >= 0.3 is 0 Å². The molecule has 0 bridgehead atoms. The third kappa shape index (κ3) is 8.89. The van der Waals surface area contributed by atoms with Crippen LogP contribution >= 0.6 is 11.6 Å². The zero-order chi connectivity index (χ0) is 33.1. The van der Waals surface area contributed by atoms with Gasteiger partial charge in [0.05, 0.1) is 17.2 Å². The second kappa shape index (κ2) is 16.3.